The Morgan fingerprint density at radius 2 is 1.04 bits per heavy atom. The van der Waals surface area contributed by atoms with Gasteiger partial charge in [-0.05, 0) is 12.8 Å². The molecule has 0 bridgehead atoms. The van der Waals surface area contributed by atoms with Gasteiger partial charge in [-0.1, -0.05) is 77.6 Å². The molecule has 270 valence electrons. The highest BCUT2D eigenvalue weighted by molar-refractivity contribution is 5.85. The predicted octanol–water partition coefficient (Wildman–Crippen LogP) is -0.903. The third-order valence-electron chi connectivity index (χ3n) is 9.08. The molecule has 0 aromatic rings. The SMILES string of the molecule is CCCCCCCCCCCCCCNC(=O)CN(CC[C@H]1O[C@H](CO)[C@H](O)[C@H](O)[C@H]1O)C(=O)C[C@H]1O[C@H](CO)[C@H](O)[C@H](O)[C@H]1O. The number of nitrogens with one attached hydrogen (secondary N) is 1. The van der Waals surface area contributed by atoms with E-state index in [4.69, 9.17) is 9.47 Å². The summed E-state index contributed by atoms with van der Waals surface area (Å²) in [7, 11) is 0. The zero-order valence-corrected chi connectivity index (χ0v) is 27.4. The van der Waals surface area contributed by atoms with E-state index < -0.39 is 92.5 Å². The van der Waals surface area contributed by atoms with Crippen molar-refractivity contribution in [2.24, 2.45) is 0 Å². The molecule has 2 aliphatic rings. The number of rotatable bonds is 22. The second kappa shape index (κ2) is 22.2. The Balaban J connectivity index is 1.87. The monoisotopic (exact) mass is 664 g/mol. The standard InChI is InChI=1S/C32H60N2O12/c1-2-3-4-5-6-7-8-9-10-11-12-13-15-33-25(37)18-34(16-14-21-27(39)31(43)29(41)23(19-35)45-21)26(38)17-22-28(40)32(44)30(42)24(20-36)46-22/h21-24,27-32,35-36,39-44H,2-20H2,1H3,(H,33,37)/t21-,22-,23-,24-,27+,28+,29+,30+,31-,32-/m1/s1. The highest BCUT2D eigenvalue weighted by atomic mass is 16.6. The third kappa shape index (κ3) is 13.2. The summed E-state index contributed by atoms with van der Waals surface area (Å²) in [6.45, 7) is 0.880. The van der Waals surface area contributed by atoms with Crippen molar-refractivity contribution < 1.29 is 59.9 Å². The average molecular weight is 665 g/mol. The Kier molecular flexibility index (Phi) is 19.7. The number of aliphatic hydroxyl groups is 8. The summed E-state index contributed by atoms with van der Waals surface area (Å²) in [5.41, 5.74) is 0. The van der Waals surface area contributed by atoms with Crippen molar-refractivity contribution in [3.63, 3.8) is 0 Å². The maximum atomic E-state index is 13.4. The second-order valence-electron chi connectivity index (χ2n) is 12.8. The summed E-state index contributed by atoms with van der Waals surface area (Å²) in [5.74, 6) is -1.08. The van der Waals surface area contributed by atoms with Gasteiger partial charge in [-0.2, -0.15) is 0 Å². The molecule has 0 spiro atoms. The van der Waals surface area contributed by atoms with Crippen molar-refractivity contribution in [2.75, 3.05) is 32.8 Å². The molecule has 2 rings (SSSR count). The molecule has 0 aromatic heterocycles. The summed E-state index contributed by atoms with van der Waals surface area (Å²) in [5, 5.41) is 83.0. The van der Waals surface area contributed by atoms with Gasteiger partial charge in [-0.15, -0.1) is 0 Å². The largest absolute Gasteiger partial charge is 0.394 e. The minimum absolute atomic E-state index is 0.0616. The lowest BCUT2D eigenvalue weighted by molar-refractivity contribution is -0.232. The molecule has 0 radical (unpaired) electrons. The topological polar surface area (TPSA) is 230 Å². The van der Waals surface area contributed by atoms with E-state index in [1.165, 1.54) is 56.3 Å². The molecule has 14 nitrogen and oxygen atoms in total. The summed E-state index contributed by atoms with van der Waals surface area (Å²) in [6.07, 6.45) is -0.491. The summed E-state index contributed by atoms with van der Waals surface area (Å²) < 4.78 is 11.0. The molecule has 0 unspecified atom stereocenters. The maximum Gasteiger partial charge on any atom is 0.239 e. The van der Waals surface area contributed by atoms with Gasteiger partial charge >= 0.3 is 0 Å². The van der Waals surface area contributed by atoms with Crippen molar-refractivity contribution in [1.29, 1.82) is 0 Å². The van der Waals surface area contributed by atoms with Crippen LogP contribution in [0.1, 0.15) is 96.8 Å². The number of amides is 2. The fourth-order valence-corrected chi connectivity index (χ4v) is 6.06. The number of aliphatic hydroxyl groups excluding tert-OH is 8. The fourth-order valence-electron chi connectivity index (χ4n) is 6.06. The van der Waals surface area contributed by atoms with Crippen molar-refractivity contribution >= 4 is 11.8 Å². The molecule has 2 heterocycles. The number of nitrogens with zero attached hydrogens (tertiary/aromatic N) is 1. The van der Waals surface area contributed by atoms with Gasteiger partial charge < -0.3 is 60.5 Å². The Morgan fingerprint density at radius 3 is 1.54 bits per heavy atom. The number of carbonyl (C=O) groups is 2. The molecule has 0 aromatic carbocycles. The van der Waals surface area contributed by atoms with E-state index >= 15 is 0 Å². The van der Waals surface area contributed by atoms with Gasteiger partial charge in [-0.25, -0.2) is 0 Å². The van der Waals surface area contributed by atoms with Crippen LogP contribution in [0, 0.1) is 0 Å². The first-order valence-corrected chi connectivity index (χ1v) is 17.2. The molecular formula is C32H60N2O12. The van der Waals surface area contributed by atoms with Gasteiger partial charge in [0.25, 0.3) is 0 Å². The zero-order valence-electron chi connectivity index (χ0n) is 27.4. The normalized spacial score (nSPS) is 31.5. The lowest BCUT2D eigenvalue weighted by atomic mass is 9.92. The van der Waals surface area contributed by atoms with Gasteiger partial charge in [0, 0.05) is 13.1 Å². The van der Waals surface area contributed by atoms with E-state index in [9.17, 15) is 50.4 Å². The summed E-state index contributed by atoms with van der Waals surface area (Å²) in [4.78, 5) is 27.4. The number of hydrogen-bond acceptors (Lipinski definition) is 12. The lowest BCUT2D eigenvalue weighted by Crippen LogP contribution is -2.60. The molecule has 2 aliphatic heterocycles. The lowest BCUT2D eigenvalue weighted by Gasteiger charge is -2.41. The van der Waals surface area contributed by atoms with Crippen LogP contribution in [0.4, 0.5) is 0 Å². The number of ether oxygens (including phenoxy) is 2. The molecule has 14 heteroatoms. The smallest absolute Gasteiger partial charge is 0.239 e. The van der Waals surface area contributed by atoms with Crippen LogP contribution < -0.4 is 5.32 Å². The fraction of sp³-hybridized carbons (Fsp3) is 0.938. The van der Waals surface area contributed by atoms with Crippen molar-refractivity contribution in [1.82, 2.24) is 10.2 Å². The maximum absolute atomic E-state index is 13.4. The molecule has 0 aliphatic carbocycles. The van der Waals surface area contributed by atoms with Crippen molar-refractivity contribution in [2.45, 2.75) is 158 Å². The van der Waals surface area contributed by atoms with Crippen LogP contribution in [0.3, 0.4) is 0 Å². The third-order valence-corrected chi connectivity index (χ3v) is 9.08. The molecule has 2 saturated heterocycles. The zero-order chi connectivity index (χ0) is 34.1. The molecule has 9 N–H and O–H groups in total. The van der Waals surface area contributed by atoms with Gasteiger partial charge in [0.1, 0.15) is 48.8 Å². The van der Waals surface area contributed by atoms with Crippen LogP contribution in [0.2, 0.25) is 0 Å². The minimum Gasteiger partial charge on any atom is -0.394 e. The Morgan fingerprint density at radius 1 is 0.609 bits per heavy atom. The molecule has 2 amide bonds. The average Bonchev–Trinajstić information content (AvgIpc) is 3.04. The first-order chi connectivity index (χ1) is 22.0. The van der Waals surface area contributed by atoms with E-state index in [0.29, 0.717) is 6.54 Å². The van der Waals surface area contributed by atoms with Crippen LogP contribution in [-0.2, 0) is 19.1 Å². The van der Waals surface area contributed by atoms with Gasteiger partial charge in [0.05, 0.1) is 38.4 Å². The number of carbonyl (C=O) groups excluding carboxylic acids is 2. The van der Waals surface area contributed by atoms with E-state index in [-0.39, 0.29) is 19.5 Å². The van der Waals surface area contributed by atoms with E-state index in [1.54, 1.807) is 0 Å². The van der Waals surface area contributed by atoms with Crippen LogP contribution in [-0.4, -0.2) is 151 Å². The van der Waals surface area contributed by atoms with Crippen LogP contribution in [0.5, 0.6) is 0 Å². The highest BCUT2D eigenvalue weighted by Crippen LogP contribution is 2.26. The predicted molar refractivity (Wildman–Crippen MR) is 167 cm³/mol. The minimum atomic E-state index is -1.66. The van der Waals surface area contributed by atoms with Crippen molar-refractivity contribution in [3.8, 4) is 0 Å². The van der Waals surface area contributed by atoms with Crippen LogP contribution >= 0.6 is 0 Å². The number of unbranched alkanes of at least 4 members (excludes halogenated alkanes) is 11. The summed E-state index contributed by atoms with van der Waals surface area (Å²) in [6, 6.07) is 0. The van der Waals surface area contributed by atoms with Gasteiger partial charge in [0.15, 0.2) is 0 Å². The Labute approximate surface area is 272 Å². The Bertz CT molecular complexity index is 850. The molecular weight excluding hydrogens is 604 g/mol. The van der Waals surface area contributed by atoms with Crippen LogP contribution in [0.15, 0.2) is 0 Å². The molecule has 46 heavy (non-hydrogen) atoms. The molecule has 2 fully saturated rings. The Hall–Kier alpha value is -1.46. The van der Waals surface area contributed by atoms with E-state index in [0.717, 1.165) is 25.7 Å². The van der Waals surface area contributed by atoms with Gasteiger partial charge in [0.2, 0.25) is 11.8 Å². The molecule has 0 saturated carbocycles. The summed E-state index contributed by atoms with van der Waals surface area (Å²) >= 11 is 0. The first kappa shape index (κ1) is 40.7. The van der Waals surface area contributed by atoms with Gasteiger partial charge in [-0.3, -0.25) is 9.59 Å². The van der Waals surface area contributed by atoms with Crippen LogP contribution in [0.25, 0.3) is 0 Å². The second-order valence-corrected chi connectivity index (χ2v) is 12.8. The van der Waals surface area contributed by atoms with E-state index in [2.05, 4.69) is 12.2 Å². The van der Waals surface area contributed by atoms with Crippen molar-refractivity contribution in [3.05, 3.63) is 0 Å². The molecule has 10 atom stereocenters. The highest BCUT2D eigenvalue weighted by Gasteiger charge is 2.45. The number of hydrogen-bond donors (Lipinski definition) is 9. The quantitative estimate of drug-likeness (QED) is 0.0642. The first-order valence-electron chi connectivity index (χ1n) is 17.2. The van der Waals surface area contributed by atoms with E-state index in [1.807, 2.05) is 0 Å².